The Kier molecular flexibility index (Phi) is 8.43. The lowest BCUT2D eigenvalue weighted by atomic mass is 9.79. The third kappa shape index (κ3) is 6.50. The zero-order chi connectivity index (χ0) is 22.6. The van der Waals surface area contributed by atoms with E-state index in [4.69, 9.17) is 0 Å². The summed E-state index contributed by atoms with van der Waals surface area (Å²) in [5.74, 6) is 1.16. The van der Waals surface area contributed by atoms with E-state index < -0.39 is 9.84 Å². The van der Waals surface area contributed by atoms with Gasteiger partial charge in [0.25, 0.3) is 0 Å². The predicted octanol–water partition coefficient (Wildman–Crippen LogP) is 5.27. The molecule has 0 bridgehead atoms. The van der Waals surface area contributed by atoms with Crippen molar-refractivity contribution in [2.24, 2.45) is 17.8 Å². The first-order valence-electron chi connectivity index (χ1n) is 11.3. The summed E-state index contributed by atoms with van der Waals surface area (Å²) in [5, 5.41) is -0.335. The summed E-state index contributed by atoms with van der Waals surface area (Å²) in [6, 6.07) is 3.85. The smallest absolute Gasteiger partial charge is 0.163 e. The highest BCUT2D eigenvalue weighted by atomic mass is 32.2. The van der Waals surface area contributed by atoms with Crippen molar-refractivity contribution in [3.8, 4) is 0 Å². The lowest BCUT2D eigenvalue weighted by Gasteiger charge is -2.28. The molecule has 5 heteroatoms. The number of aryl methyl sites for hydroxylation is 2. The van der Waals surface area contributed by atoms with Gasteiger partial charge in [-0.3, -0.25) is 9.59 Å². The fourth-order valence-electron chi connectivity index (χ4n) is 4.41. The van der Waals surface area contributed by atoms with Gasteiger partial charge in [-0.25, -0.2) is 8.42 Å². The number of sulfone groups is 1. The van der Waals surface area contributed by atoms with Crippen molar-refractivity contribution in [1.29, 1.82) is 0 Å². The first kappa shape index (κ1) is 24.8. The van der Waals surface area contributed by atoms with Crippen molar-refractivity contribution in [1.82, 2.24) is 0 Å². The van der Waals surface area contributed by atoms with E-state index in [-0.39, 0.29) is 34.4 Å². The van der Waals surface area contributed by atoms with Crippen molar-refractivity contribution in [3.05, 3.63) is 34.4 Å². The van der Waals surface area contributed by atoms with Crippen LogP contribution >= 0.6 is 0 Å². The Bertz CT molecular complexity index is 849. The topological polar surface area (TPSA) is 68.3 Å². The summed E-state index contributed by atoms with van der Waals surface area (Å²) >= 11 is 0. The van der Waals surface area contributed by atoms with Gasteiger partial charge in [0.05, 0.1) is 11.0 Å². The van der Waals surface area contributed by atoms with E-state index in [2.05, 4.69) is 0 Å². The fraction of sp³-hybridized carbons (Fsp3) is 0.680. The molecule has 0 atom stereocenters. The van der Waals surface area contributed by atoms with Crippen LogP contribution in [0, 0.1) is 31.6 Å². The van der Waals surface area contributed by atoms with Gasteiger partial charge in [-0.05, 0) is 94.0 Å². The normalized spacial score (nSPS) is 20.0. The second-order valence-corrected chi connectivity index (χ2v) is 12.5. The number of hydrogen-bond donors (Lipinski definition) is 0. The van der Waals surface area contributed by atoms with E-state index in [0.717, 1.165) is 47.9 Å². The maximum Gasteiger partial charge on any atom is 0.163 e. The maximum absolute atomic E-state index is 13.0. The highest BCUT2D eigenvalue weighted by Crippen LogP contribution is 2.32. The molecular weight excluding hydrogens is 396 g/mol. The van der Waals surface area contributed by atoms with Gasteiger partial charge in [-0.1, -0.05) is 13.8 Å². The van der Waals surface area contributed by atoms with Crippen LogP contribution in [0.25, 0.3) is 0 Å². The molecule has 2 rings (SSSR count). The van der Waals surface area contributed by atoms with E-state index in [9.17, 15) is 18.0 Å². The van der Waals surface area contributed by atoms with E-state index >= 15 is 0 Å². The third-order valence-corrected chi connectivity index (χ3v) is 8.82. The Morgan fingerprint density at radius 1 is 0.967 bits per heavy atom. The average Bonchev–Trinajstić information content (AvgIpc) is 2.64. The molecule has 0 amide bonds. The maximum atomic E-state index is 13.0. The van der Waals surface area contributed by atoms with Crippen LogP contribution in [0.5, 0.6) is 0 Å². The monoisotopic (exact) mass is 434 g/mol. The Balaban J connectivity index is 1.99. The quantitative estimate of drug-likeness (QED) is 0.496. The zero-order valence-electron chi connectivity index (χ0n) is 19.5. The van der Waals surface area contributed by atoms with Crippen molar-refractivity contribution in [3.63, 3.8) is 0 Å². The van der Waals surface area contributed by atoms with E-state index in [0.29, 0.717) is 18.8 Å². The second-order valence-electron chi connectivity index (χ2n) is 9.85. The van der Waals surface area contributed by atoms with Crippen LogP contribution in [0.4, 0.5) is 0 Å². The lowest BCUT2D eigenvalue weighted by Crippen LogP contribution is -2.29. The molecular formula is C25H38O4S. The second kappa shape index (κ2) is 10.2. The molecule has 168 valence electrons. The van der Waals surface area contributed by atoms with Gasteiger partial charge in [0, 0.05) is 24.3 Å². The van der Waals surface area contributed by atoms with Gasteiger partial charge in [0.15, 0.2) is 15.6 Å². The zero-order valence-corrected chi connectivity index (χ0v) is 20.3. The summed E-state index contributed by atoms with van der Waals surface area (Å²) in [5.41, 5.74) is 3.78. The molecule has 0 heterocycles. The molecule has 0 spiro atoms. The van der Waals surface area contributed by atoms with E-state index in [1.165, 1.54) is 0 Å². The average molecular weight is 435 g/mol. The molecule has 1 fully saturated rings. The summed E-state index contributed by atoms with van der Waals surface area (Å²) < 4.78 is 24.3. The molecule has 30 heavy (non-hydrogen) atoms. The minimum atomic E-state index is -3.03. The minimum Gasteiger partial charge on any atom is -0.299 e. The number of hydrogen-bond acceptors (Lipinski definition) is 4. The Hall–Kier alpha value is -1.49. The number of carbonyl (C=O) groups is 2. The van der Waals surface area contributed by atoms with Gasteiger partial charge in [0.2, 0.25) is 0 Å². The largest absolute Gasteiger partial charge is 0.299 e. The Morgan fingerprint density at radius 3 is 1.97 bits per heavy atom. The number of benzene rings is 1. The first-order valence-corrected chi connectivity index (χ1v) is 13.0. The molecule has 0 aromatic heterocycles. The highest BCUT2D eigenvalue weighted by Gasteiger charge is 2.30. The van der Waals surface area contributed by atoms with Crippen LogP contribution in [0.1, 0.15) is 86.8 Å². The molecule has 0 N–H and O–H groups in total. The Morgan fingerprint density at radius 2 is 1.50 bits per heavy atom. The van der Waals surface area contributed by atoms with Gasteiger partial charge in [-0.2, -0.15) is 0 Å². The van der Waals surface area contributed by atoms with Crippen molar-refractivity contribution >= 4 is 21.4 Å². The van der Waals surface area contributed by atoms with Crippen LogP contribution in [0.2, 0.25) is 0 Å². The summed E-state index contributed by atoms with van der Waals surface area (Å²) in [7, 11) is -3.03. The molecule has 4 nitrogen and oxygen atoms in total. The van der Waals surface area contributed by atoms with Gasteiger partial charge >= 0.3 is 0 Å². The first-order chi connectivity index (χ1) is 13.9. The molecule has 1 aliphatic carbocycles. The molecule has 0 unspecified atom stereocenters. The van der Waals surface area contributed by atoms with Crippen molar-refractivity contribution in [2.45, 2.75) is 85.3 Å². The molecule has 1 saturated carbocycles. The predicted molar refractivity (Wildman–Crippen MR) is 123 cm³/mol. The highest BCUT2D eigenvalue weighted by molar-refractivity contribution is 7.91. The van der Waals surface area contributed by atoms with E-state index in [1.807, 2.05) is 39.8 Å². The van der Waals surface area contributed by atoms with Gasteiger partial charge in [-0.15, -0.1) is 0 Å². The number of ketones is 2. The number of Topliss-reactive ketones (excluding diaryl/α,β-unsaturated/α-hetero) is 2. The van der Waals surface area contributed by atoms with Crippen LogP contribution in [0.15, 0.2) is 12.1 Å². The standard InChI is InChI=1S/C25H38O4S/c1-16(2)11-24(26)22-12-18(5)23(19(6)13-22)14-25(27)21-9-7-20(8-10-21)15-30(28,29)17(3)4/h12-13,16-17,20-21H,7-11,14-15H2,1-6H3. The molecule has 0 aliphatic heterocycles. The van der Waals surface area contributed by atoms with Crippen LogP contribution in [0.3, 0.4) is 0 Å². The Labute approximate surface area is 182 Å². The van der Waals surface area contributed by atoms with Crippen LogP contribution in [-0.2, 0) is 21.1 Å². The van der Waals surface area contributed by atoms with E-state index in [1.54, 1.807) is 13.8 Å². The molecule has 0 saturated heterocycles. The number of carbonyl (C=O) groups excluding carboxylic acids is 2. The minimum absolute atomic E-state index is 0.0176. The van der Waals surface area contributed by atoms with Gasteiger partial charge in [0.1, 0.15) is 5.78 Å². The summed E-state index contributed by atoms with van der Waals surface area (Å²) in [6.45, 7) is 11.5. The fourth-order valence-corrected chi connectivity index (χ4v) is 5.79. The summed E-state index contributed by atoms with van der Waals surface area (Å²) in [4.78, 5) is 25.4. The van der Waals surface area contributed by atoms with Crippen LogP contribution in [-0.4, -0.2) is 31.0 Å². The summed E-state index contributed by atoms with van der Waals surface area (Å²) in [6.07, 6.45) is 4.11. The SMILES string of the molecule is Cc1cc(C(=O)CC(C)C)cc(C)c1CC(=O)C1CCC(CS(=O)(=O)C(C)C)CC1. The van der Waals surface area contributed by atoms with Crippen molar-refractivity contribution < 1.29 is 18.0 Å². The van der Waals surface area contributed by atoms with Gasteiger partial charge < -0.3 is 0 Å². The molecule has 1 aliphatic rings. The van der Waals surface area contributed by atoms with Crippen LogP contribution < -0.4 is 0 Å². The van der Waals surface area contributed by atoms with Crippen molar-refractivity contribution in [2.75, 3.05) is 5.75 Å². The third-order valence-electron chi connectivity index (χ3n) is 6.45. The molecule has 1 aromatic rings. The number of rotatable bonds is 9. The molecule has 0 radical (unpaired) electrons. The lowest BCUT2D eigenvalue weighted by molar-refractivity contribution is -0.123. The molecule has 1 aromatic carbocycles.